The van der Waals surface area contributed by atoms with Crippen LogP contribution >= 0.6 is 0 Å². The summed E-state index contributed by atoms with van der Waals surface area (Å²) in [6, 6.07) is 1.64. The molecule has 4 heteroatoms. The summed E-state index contributed by atoms with van der Waals surface area (Å²) in [5.74, 6) is 0.607. The number of alkyl halides is 1. The summed E-state index contributed by atoms with van der Waals surface area (Å²) < 4.78 is 19.2. The lowest BCUT2D eigenvalue weighted by molar-refractivity contribution is 0.220. The number of nitrogens with one attached hydrogen (secondary N) is 1. The summed E-state index contributed by atoms with van der Waals surface area (Å²) in [5.41, 5.74) is 0.596. The SMILES string of the molecule is COc1cncc(C(F)C2CCCCN2)c1. The third kappa shape index (κ3) is 2.50. The van der Waals surface area contributed by atoms with Crippen LogP contribution in [0.2, 0.25) is 0 Å². The van der Waals surface area contributed by atoms with Crippen LogP contribution < -0.4 is 10.1 Å². The van der Waals surface area contributed by atoms with Crippen LogP contribution in [0.5, 0.6) is 5.75 Å². The lowest BCUT2D eigenvalue weighted by Gasteiger charge is -2.26. The molecule has 0 amide bonds. The second kappa shape index (κ2) is 5.25. The standard InChI is InChI=1S/C12H17FN2O/c1-16-10-6-9(7-14-8-10)12(13)11-4-2-3-5-15-11/h6-8,11-12,15H,2-5H2,1H3. The Hall–Kier alpha value is -1.16. The first-order chi connectivity index (χ1) is 7.81. The fourth-order valence-electron chi connectivity index (χ4n) is 2.06. The number of methoxy groups -OCH3 is 1. The Bertz CT molecular complexity index is 340. The lowest BCUT2D eigenvalue weighted by atomic mass is 9.97. The first-order valence-electron chi connectivity index (χ1n) is 5.67. The first kappa shape index (κ1) is 11.3. The van der Waals surface area contributed by atoms with Gasteiger partial charge in [0.1, 0.15) is 11.9 Å². The molecule has 2 atom stereocenters. The molecule has 0 radical (unpaired) electrons. The summed E-state index contributed by atoms with van der Waals surface area (Å²) >= 11 is 0. The minimum Gasteiger partial charge on any atom is -0.495 e. The predicted octanol–water partition coefficient (Wildman–Crippen LogP) is 2.24. The quantitative estimate of drug-likeness (QED) is 0.855. The van der Waals surface area contributed by atoms with Gasteiger partial charge in [0.2, 0.25) is 0 Å². The third-order valence-corrected chi connectivity index (χ3v) is 2.99. The second-order valence-corrected chi connectivity index (χ2v) is 4.12. The average molecular weight is 224 g/mol. The minimum absolute atomic E-state index is 0.0809. The smallest absolute Gasteiger partial charge is 0.142 e. The van der Waals surface area contributed by atoms with Gasteiger partial charge in [0.05, 0.1) is 13.3 Å². The largest absolute Gasteiger partial charge is 0.495 e. The molecule has 0 saturated carbocycles. The van der Waals surface area contributed by atoms with Crippen LogP contribution in [0.1, 0.15) is 31.0 Å². The van der Waals surface area contributed by atoms with Crippen LogP contribution in [0.15, 0.2) is 18.5 Å². The van der Waals surface area contributed by atoms with Gasteiger partial charge in [-0.05, 0) is 25.5 Å². The Morgan fingerprint density at radius 1 is 1.50 bits per heavy atom. The van der Waals surface area contributed by atoms with Gasteiger partial charge in [0, 0.05) is 17.8 Å². The molecular formula is C12H17FN2O. The maximum absolute atomic E-state index is 14.2. The lowest BCUT2D eigenvalue weighted by Crippen LogP contribution is -2.37. The Balaban J connectivity index is 2.09. The molecule has 88 valence electrons. The number of piperidine rings is 1. The molecule has 0 aromatic carbocycles. The number of nitrogens with zero attached hydrogens (tertiary/aromatic N) is 1. The summed E-state index contributed by atoms with van der Waals surface area (Å²) in [6.45, 7) is 0.905. The number of ether oxygens (including phenoxy) is 1. The zero-order valence-electron chi connectivity index (χ0n) is 9.45. The van der Waals surface area contributed by atoms with Crippen molar-refractivity contribution in [3.05, 3.63) is 24.0 Å². The zero-order chi connectivity index (χ0) is 11.4. The summed E-state index contributed by atoms with van der Waals surface area (Å²) in [4.78, 5) is 3.98. The molecule has 1 aromatic heterocycles. The van der Waals surface area contributed by atoms with Gasteiger partial charge < -0.3 is 10.1 Å². The van der Waals surface area contributed by atoms with E-state index in [1.54, 1.807) is 25.6 Å². The molecule has 1 saturated heterocycles. The van der Waals surface area contributed by atoms with E-state index in [1.165, 1.54) is 0 Å². The fourth-order valence-corrected chi connectivity index (χ4v) is 2.06. The van der Waals surface area contributed by atoms with E-state index in [9.17, 15) is 4.39 Å². The van der Waals surface area contributed by atoms with E-state index in [2.05, 4.69) is 10.3 Å². The molecule has 1 aromatic rings. The van der Waals surface area contributed by atoms with Gasteiger partial charge in [-0.1, -0.05) is 6.42 Å². The Kier molecular flexibility index (Phi) is 3.72. The number of rotatable bonds is 3. The summed E-state index contributed by atoms with van der Waals surface area (Å²) in [7, 11) is 1.56. The maximum atomic E-state index is 14.2. The van der Waals surface area contributed by atoms with E-state index in [4.69, 9.17) is 4.74 Å². The number of hydrogen-bond donors (Lipinski definition) is 1. The summed E-state index contributed by atoms with van der Waals surface area (Å²) in [5, 5.41) is 3.21. The molecule has 1 aliphatic heterocycles. The van der Waals surface area contributed by atoms with Gasteiger partial charge in [-0.3, -0.25) is 4.98 Å². The van der Waals surface area contributed by atoms with Gasteiger partial charge >= 0.3 is 0 Å². The van der Waals surface area contributed by atoms with E-state index in [0.717, 1.165) is 25.8 Å². The highest BCUT2D eigenvalue weighted by molar-refractivity contribution is 5.26. The van der Waals surface area contributed by atoms with E-state index in [0.29, 0.717) is 11.3 Å². The van der Waals surface area contributed by atoms with Gasteiger partial charge in [0.25, 0.3) is 0 Å². The zero-order valence-corrected chi connectivity index (χ0v) is 9.45. The third-order valence-electron chi connectivity index (χ3n) is 2.99. The van der Waals surface area contributed by atoms with Crippen molar-refractivity contribution in [1.82, 2.24) is 10.3 Å². The van der Waals surface area contributed by atoms with Crippen molar-refractivity contribution in [2.75, 3.05) is 13.7 Å². The highest BCUT2D eigenvalue weighted by atomic mass is 19.1. The van der Waals surface area contributed by atoms with Gasteiger partial charge in [-0.15, -0.1) is 0 Å². The molecule has 0 aliphatic carbocycles. The predicted molar refractivity (Wildman–Crippen MR) is 60.3 cm³/mol. The van der Waals surface area contributed by atoms with E-state index < -0.39 is 6.17 Å². The van der Waals surface area contributed by atoms with Crippen molar-refractivity contribution in [3.8, 4) is 5.75 Å². The van der Waals surface area contributed by atoms with Crippen molar-refractivity contribution in [3.63, 3.8) is 0 Å². The molecular weight excluding hydrogens is 207 g/mol. The van der Waals surface area contributed by atoms with Crippen LogP contribution in [0.25, 0.3) is 0 Å². The van der Waals surface area contributed by atoms with E-state index in [-0.39, 0.29) is 6.04 Å². The normalized spacial score (nSPS) is 22.8. The molecule has 0 bridgehead atoms. The molecule has 3 nitrogen and oxygen atoms in total. The van der Waals surface area contributed by atoms with Crippen molar-refractivity contribution in [1.29, 1.82) is 0 Å². The molecule has 2 unspecified atom stereocenters. The molecule has 0 spiro atoms. The van der Waals surface area contributed by atoms with E-state index >= 15 is 0 Å². The van der Waals surface area contributed by atoms with Crippen LogP contribution in [0.4, 0.5) is 4.39 Å². The topological polar surface area (TPSA) is 34.1 Å². The Morgan fingerprint density at radius 2 is 2.38 bits per heavy atom. The van der Waals surface area contributed by atoms with Gasteiger partial charge in [-0.2, -0.15) is 0 Å². The van der Waals surface area contributed by atoms with Crippen molar-refractivity contribution in [2.24, 2.45) is 0 Å². The number of hydrogen-bond acceptors (Lipinski definition) is 3. The van der Waals surface area contributed by atoms with Crippen LogP contribution in [-0.2, 0) is 0 Å². The molecule has 1 fully saturated rings. The highest BCUT2D eigenvalue weighted by Crippen LogP contribution is 2.27. The molecule has 1 aliphatic rings. The van der Waals surface area contributed by atoms with E-state index in [1.807, 2.05) is 0 Å². The van der Waals surface area contributed by atoms with Gasteiger partial charge in [-0.25, -0.2) is 4.39 Å². The van der Waals surface area contributed by atoms with Crippen LogP contribution in [0, 0.1) is 0 Å². The van der Waals surface area contributed by atoms with Crippen LogP contribution in [-0.4, -0.2) is 24.7 Å². The summed E-state index contributed by atoms with van der Waals surface area (Å²) in [6.07, 6.45) is 5.28. The molecule has 2 rings (SSSR count). The second-order valence-electron chi connectivity index (χ2n) is 4.12. The maximum Gasteiger partial charge on any atom is 0.142 e. The van der Waals surface area contributed by atoms with Crippen molar-refractivity contribution in [2.45, 2.75) is 31.5 Å². The monoisotopic (exact) mass is 224 g/mol. The van der Waals surface area contributed by atoms with Crippen LogP contribution in [0.3, 0.4) is 0 Å². The minimum atomic E-state index is -0.997. The van der Waals surface area contributed by atoms with Crippen molar-refractivity contribution >= 4 is 0 Å². The number of aromatic nitrogens is 1. The molecule has 2 heterocycles. The number of pyridine rings is 1. The first-order valence-corrected chi connectivity index (χ1v) is 5.67. The highest BCUT2D eigenvalue weighted by Gasteiger charge is 2.24. The molecule has 1 N–H and O–H groups in total. The average Bonchev–Trinajstić information content (AvgIpc) is 2.39. The molecule has 16 heavy (non-hydrogen) atoms. The van der Waals surface area contributed by atoms with Gasteiger partial charge in [0.15, 0.2) is 0 Å². The fraction of sp³-hybridized carbons (Fsp3) is 0.583. The van der Waals surface area contributed by atoms with Crippen molar-refractivity contribution < 1.29 is 9.13 Å². The Labute approximate surface area is 95.0 Å². The number of halogens is 1. The Morgan fingerprint density at radius 3 is 3.06 bits per heavy atom.